The number of anilines is 1. The molecule has 0 aliphatic carbocycles. The first-order valence-corrected chi connectivity index (χ1v) is 7.52. The number of amides is 1. The van der Waals surface area contributed by atoms with Crippen LogP contribution < -0.4 is 5.32 Å². The van der Waals surface area contributed by atoms with Gasteiger partial charge in [0.1, 0.15) is 11.6 Å². The van der Waals surface area contributed by atoms with E-state index >= 15 is 0 Å². The lowest BCUT2D eigenvalue weighted by Gasteiger charge is -2.06. The minimum atomic E-state index is -0.316. The molecule has 2 aromatic heterocycles. The molecule has 0 unspecified atom stereocenters. The molecule has 0 atom stereocenters. The molecular formula is C18H17FN4O. The number of pyridine rings is 1. The Balaban J connectivity index is 1.92. The summed E-state index contributed by atoms with van der Waals surface area (Å²) in [6, 6.07) is 9.60. The van der Waals surface area contributed by atoms with Crippen LogP contribution in [0.25, 0.3) is 5.69 Å². The molecule has 0 aliphatic rings. The molecule has 3 rings (SSSR count). The predicted molar refractivity (Wildman–Crippen MR) is 89.9 cm³/mol. The third-order valence-electron chi connectivity index (χ3n) is 3.74. The highest BCUT2D eigenvalue weighted by atomic mass is 19.1. The van der Waals surface area contributed by atoms with Crippen LogP contribution in [0.2, 0.25) is 0 Å². The minimum absolute atomic E-state index is 0.269. The molecular weight excluding hydrogens is 307 g/mol. The summed E-state index contributed by atoms with van der Waals surface area (Å²) in [6.45, 7) is 5.50. The maximum Gasteiger partial charge on any atom is 0.260 e. The molecule has 3 aromatic rings. The quantitative estimate of drug-likeness (QED) is 0.801. The predicted octanol–water partition coefficient (Wildman–Crippen LogP) is 3.58. The van der Waals surface area contributed by atoms with Gasteiger partial charge in [0, 0.05) is 6.20 Å². The van der Waals surface area contributed by atoms with Gasteiger partial charge in [-0.1, -0.05) is 6.07 Å². The van der Waals surface area contributed by atoms with Gasteiger partial charge in [-0.25, -0.2) is 14.1 Å². The average Bonchev–Trinajstić information content (AvgIpc) is 2.85. The summed E-state index contributed by atoms with van der Waals surface area (Å²) in [5, 5.41) is 7.18. The number of nitrogens with zero attached hydrogens (tertiary/aromatic N) is 3. The summed E-state index contributed by atoms with van der Waals surface area (Å²) in [4.78, 5) is 16.8. The number of hydrogen-bond donors (Lipinski definition) is 1. The van der Waals surface area contributed by atoms with E-state index in [1.165, 1.54) is 12.1 Å². The van der Waals surface area contributed by atoms with Crippen LogP contribution in [-0.2, 0) is 0 Å². The van der Waals surface area contributed by atoms with Crippen molar-refractivity contribution in [2.24, 2.45) is 0 Å². The average molecular weight is 324 g/mol. The van der Waals surface area contributed by atoms with Gasteiger partial charge in [0.25, 0.3) is 5.91 Å². The van der Waals surface area contributed by atoms with Crippen molar-refractivity contribution in [1.82, 2.24) is 14.8 Å². The van der Waals surface area contributed by atoms with E-state index in [0.29, 0.717) is 28.5 Å². The Morgan fingerprint density at radius 2 is 1.79 bits per heavy atom. The van der Waals surface area contributed by atoms with E-state index in [2.05, 4.69) is 15.4 Å². The Bertz CT molecular complexity index is 883. The maximum atomic E-state index is 13.1. The van der Waals surface area contributed by atoms with Gasteiger partial charge in [0.2, 0.25) is 0 Å². The molecule has 0 spiro atoms. The minimum Gasteiger partial charge on any atom is -0.306 e. The van der Waals surface area contributed by atoms with Gasteiger partial charge in [-0.3, -0.25) is 4.79 Å². The third kappa shape index (κ3) is 3.03. The van der Waals surface area contributed by atoms with Gasteiger partial charge in [-0.05, 0) is 56.7 Å². The molecule has 0 fully saturated rings. The molecule has 5 nitrogen and oxygen atoms in total. The Hall–Kier alpha value is -3.02. The molecule has 24 heavy (non-hydrogen) atoms. The van der Waals surface area contributed by atoms with E-state index in [1.54, 1.807) is 42.9 Å². The standard InChI is InChI=1S/C18H17FN4O/c1-11-4-9-16(20-10-11)21-18(24)17-12(2)22-23(13(17)3)15-7-5-14(19)6-8-15/h4-10H,1-3H3,(H,20,21,24). The number of nitrogens with one attached hydrogen (secondary N) is 1. The number of aryl methyl sites for hydroxylation is 2. The van der Waals surface area contributed by atoms with Crippen LogP contribution in [0.5, 0.6) is 0 Å². The second-order valence-electron chi connectivity index (χ2n) is 5.61. The van der Waals surface area contributed by atoms with E-state index in [4.69, 9.17) is 0 Å². The third-order valence-corrected chi connectivity index (χ3v) is 3.74. The summed E-state index contributed by atoms with van der Waals surface area (Å²) in [6.07, 6.45) is 1.69. The first kappa shape index (κ1) is 15.9. The molecule has 1 aromatic carbocycles. The molecule has 6 heteroatoms. The lowest BCUT2D eigenvalue weighted by molar-refractivity contribution is 0.102. The fourth-order valence-electron chi connectivity index (χ4n) is 2.53. The van der Waals surface area contributed by atoms with Gasteiger partial charge in [0.15, 0.2) is 0 Å². The van der Waals surface area contributed by atoms with Crippen molar-refractivity contribution < 1.29 is 9.18 Å². The molecule has 0 bridgehead atoms. The van der Waals surface area contributed by atoms with Crippen LogP contribution in [-0.4, -0.2) is 20.7 Å². The fraction of sp³-hybridized carbons (Fsp3) is 0.167. The Morgan fingerprint density at radius 3 is 2.42 bits per heavy atom. The van der Waals surface area contributed by atoms with E-state index in [1.807, 2.05) is 13.0 Å². The topological polar surface area (TPSA) is 59.8 Å². The van der Waals surface area contributed by atoms with Crippen LogP contribution in [0.15, 0.2) is 42.6 Å². The summed E-state index contributed by atoms with van der Waals surface area (Å²) >= 11 is 0. The summed E-state index contributed by atoms with van der Waals surface area (Å²) in [5.41, 5.74) is 3.49. The smallest absolute Gasteiger partial charge is 0.260 e. The zero-order chi connectivity index (χ0) is 17.3. The lowest BCUT2D eigenvalue weighted by Crippen LogP contribution is -2.15. The molecule has 1 amide bonds. The molecule has 122 valence electrons. The number of carbonyl (C=O) groups is 1. The van der Waals surface area contributed by atoms with Crippen molar-refractivity contribution in [3.05, 3.63) is 70.9 Å². The number of rotatable bonds is 3. The second-order valence-corrected chi connectivity index (χ2v) is 5.61. The van der Waals surface area contributed by atoms with Crippen LogP contribution in [0.3, 0.4) is 0 Å². The highest BCUT2D eigenvalue weighted by molar-refractivity contribution is 6.05. The lowest BCUT2D eigenvalue weighted by atomic mass is 10.2. The van der Waals surface area contributed by atoms with Crippen LogP contribution >= 0.6 is 0 Å². The normalized spacial score (nSPS) is 10.7. The summed E-state index contributed by atoms with van der Waals surface area (Å²) in [7, 11) is 0. The van der Waals surface area contributed by atoms with E-state index in [-0.39, 0.29) is 11.7 Å². The monoisotopic (exact) mass is 324 g/mol. The molecule has 2 heterocycles. The fourth-order valence-corrected chi connectivity index (χ4v) is 2.53. The molecule has 0 saturated heterocycles. The summed E-state index contributed by atoms with van der Waals surface area (Å²) < 4.78 is 14.7. The van der Waals surface area contributed by atoms with Crippen molar-refractivity contribution in [2.75, 3.05) is 5.32 Å². The largest absolute Gasteiger partial charge is 0.306 e. The van der Waals surface area contributed by atoms with Crippen molar-refractivity contribution in [2.45, 2.75) is 20.8 Å². The maximum absolute atomic E-state index is 13.1. The number of aromatic nitrogens is 3. The molecule has 0 aliphatic heterocycles. The van der Waals surface area contributed by atoms with Crippen LogP contribution in [0.1, 0.15) is 27.3 Å². The highest BCUT2D eigenvalue weighted by Gasteiger charge is 2.19. The second kappa shape index (κ2) is 6.23. The number of carbonyl (C=O) groups excluding carboxylic acids is 1. The first-order valence-electron chi connectivity index (χ1n) is 7.52. The van der Waals surface area contributed by atoms with Gasteiger partial charge in [0.05, 0.1) is 22.6 Å². The van der Waals surface area contributed by atoms with E-state index in [9.17, 15) is 9.18 Å². The first-order chi connectivity index (χ1) is 11.5. The van der Waals surface area contributed by atoms with Gasteiger partial charge < -0.3 is 5.32 Å². The highest BCUT2D eigenvalue weighted by Crippen LogP contribution is 2.19. The van der Waals surface area contributed by atoms with E-state index < -0.39 is 0 Å². The molecule has 0 radical (unpaired) electrons. The Kier molecular flexibility index (Phi) is 4.12. The van der Waals surface area contributed by atoms with Gasteiger partial charge in [-0.15, -0.1) is 0 Å². The molecule has 0 saturated carbocycles. The number of benzene rings is 1. The van der Waals surface area contributed by atoms with Crippen molar-refractivity contribution in [1.29, 1.82) is 0 Å². The van der Waals surface area contributed by atoms with Crippen molar-refractivity contribution in [3.63, 3.8) is 0 Å². The Morgan fingerprint density at radius 1 is 1.08 bits per heavy atom. The summed E-state index contributed by atoms with van der Waals surface area (Å²) in [5.74, 6) is -0.0997. The van der Waals surface area contributed by atoms with Crippen molar-refractivity contribution in [3.8, 4) is 5.69 Å². The number of hydrogen-bond acceptors (Lipinski definition) is 3. The molecule has 1 N–H and O–H groups in total. The van der Waals surface area contributed by atoms with Crippen LogP contribution in [0, 0.1) is 26.6 Å². The SMILES string of the molecule is Cc1ccc(NC(=O)c2c(C)nn(-c3ccc(F)cc3)c2C)nc1. The van der Waals surface area contributed by atoms with Crippen molar-refractivity contribution >= 4 is 11.7 Å². The zero-order valence-electron chi connectivity index (χ0n) is 13.7. The van der Waals surface area contributed by atoms with Gasteiger partial charge in [-0.2, -0.15) is 5.10 Å². The zero-order valence-corrected chi connectivity index (χ0v) is 13.7. The van der Waals surface area contributed by atoms with Crippen LogP contribution in [0.4, 0.5) is 10.2 Å². The van der Waals surface area contributed by atoms with Gasteiger partial charge >= 0.3 is 0 Å². The van der Waals surface area contributed by atoms with E-state index in [0.717, 1.165) is 5.56 Å². The number of halogens is 1. The Labute approximate surface area is 139 Å².